The molecule has 1 aliphatic carbocycles. The number of imidazole rings is 2. The van der Waals surface area contributed by atoms with Crippen molar-refractivity contribution >= 4 is 54.7 Å². The highest BCUT2D eigenvalue weighted by atomic mass is 32.1. The van der Waals surface area contributed by atoms with Crippen LogP contribution in [0.1, 0.15) is 18.9 Å². The lowest BCUT2D eigenvalue weighted by Crippen LogP contribution is -2.02. The number of nitrogens with zero attached hydrogens (tertiary/aromatic N) is 8. The number of nitrogens with two attached hydrogens (primary N) is 2. The van der Waals surface area contributed by atoms with Gasteiger partial charge in [0.15, 0.2) is 0 Å². The van der Waals surface area contributed by atoms with Gasteiger partial charge in [-0.3, -0.25) is 0 Å². The van der Waals surface area contributed by atoms with E-state index in [0.717, 1.165) is 64.1 Å². The van der Waals surface area contributed by atoms with Crippen molar-refractivity contribution in [2.75, 3.05) is 18.1 Å². The topological polar surface area (TPSA) is 159 Å². The molecule has 13 heteroatoms. The van der Waals surface area contributed by atoms with Crippen LogP contribution in [0.4, 0.5) is 11.6 Å². The van der Waals surface area contributed by atoms with Gasteiger partial charge in [0.1, 0.15) is 34.0 Å². The summed E-state index contributed by atoms with van der Waals surface area (Å²) in [4.78, 5) is 30.0. The molecule has 1 aliphatic rings. The number of benzene rings is 2. The van der Waals surface area contributed by atoms with E-state index in [1.807, 2.05) is 65.5 Å². The highest BCUT2D eigenvalue weighted by molar-refractivity contribution is 7.22. The lowest BCUT2D eigenvalue weighted by molar-refractivity contribution is 0.276. The first kappa shape index (κ1) is 29.9. The van der Waals surface area contributed by atoms with Crippen molar-refractivity contribution in [3.63, 3.8) is 0 Å². The molecule has 48 heavy (non-hydrogen) atoms. The molecule has 0 radical (unpaired) electrons. The molecular weight excluding hydrogens is 641 g/mol. The van der Waals surface area contributed by atoms with E-state index < -0.39 is 0 Å². The molecule has 0 spiro atoms. The van der Waals surface area contributed by atoms with Crippen molar-refractivity contribution in [3.8, 4) is 43.7 Å². The maximum absolute atomic E-state index is 9.37. The number of nitrogen functional groups attached to an aromatic ring is 2. The van der Waals surface area contributed by atoms with Crippen LogP contribution < -0.4 is 11.5 Å². The molecule has 2 aromatic carbocycles. The number of anilines is 2. The quantitative estimate of drug-likeness (QED) is 0.163. The number of thiophene rings is 2. The molecule has 5 N–H and O–H groups in total. The Morgan fingerprint density at radius 1 is 0.667 bits per heavy atom. The first-order chi connectivity index (χ1) is 23.6. The van der Waals surface area contributed by atoms with Crippen molar-refractivity contribution in [1.29, 1.82) is 0 Å². The van der Waals surface area contributed by atoms with E-state index in [4.69, 9.17) is 16.5 Å². The van der Waals surface area contributed by atoms with Gasteiger partial charge in [0.05, 0.1) is 62.6 Å². The number of rotatable bonds is 7. The molecule has 0 bridgehead atoms. The second-order valence-corrected chi connectivity index (χ2v) is 13.4. The zero-order valence-corrected chi connectivity index (χ0v) is 27.3. The number of aliphatic hydroxyl groups is 1. The minimum absolute atomic E-state index is 0.0461. The monoisotopic (exact) mass is 670 g/mol. The van der Waals surface area contributed by atoms with Crippen molar-refractivity contribution in [1.82, 2.24) is 39.0 Å². The van der Waals surface area contributed by atoms with E-state index in [1.165, 1.54) is 25.5 Å². The summed E-state index contributed by atoms with van der Waals surface area (Å²) in [5, 5.41) is 11.1. The molecule has 0 aliphatic heterocycles. The lowest BCUT2D eigenvalue weighted by atomic mass is 10.1. The van der Waals surface area contributed by atoms with E-state index in [-0.39, 0.29) is 6.61 Å². The maximum Gasteiger partial charge on any atom is 0.135 e. The van der Waals surface area contributed by atoms with E-state index in [1.54, 1.807) is 29.0 Å². The van der Waals surface area contributed by atoms with Crippen LogP contribution in [0.25, 0.3) is 64.1 Å². The summed E-state index contributed by atoms with van der Waals surface area (Å²) in [6.07, 6.45) is 9.15. The van der Waals surface area contributed by atoms with Crippen LogP contribution in [0, 0.1) is 0 Å². The molecule has 1 saturated carbocycles. The smallest absolute Gasteiger partial charge is 0.135 e. The Bertz CT molecular complexity index is 2360. The number of aromatic nitrogens is 8. The number of aliphatic hydroxyl groups excluding tert-OH is 1. The molecule has 0 unspecified atom stereocenters. The zero-order chi connectivity index (χ0) is 32.6. The van der Waals surface area contributed by atoms with E-state index in [0.29, 0.717) is 24.2 Å². The maximum atomic E-state index is 9.37. The van der Waals surface area contributed by atoms with Crippen molar-refractivity contribution in [3.05, 3.63) is 98.1 Å². The molecule has 9 rings (SSSR count). The second kappa shape index (κ2) is 12.6. The van der Waals surface area contributed by atoms with Crippen molar-refractivity contribution in [2.45, 2.75) is 25.4 Å². The Morgan fingerprint density at radius 2 is 1.19 bits per heavy atom. The summed E-state index contributed by atoms with van der Waals surface area (Å²) in [7, 11) is 0. The van der Waals surface area contributed by atoms with E-state index in [2.05, 4.69) is 47.7 Å². The van der Waals surface area contributed by atoms with Crippen molar-refractivity contribution < 1.29 is 5.11 Å². The Hall–Kier alpha value is -5.50. The lowest BCUT2D eigenvalue weighted by Gasteiger charge is -2.07. The molecular formula is C35H30N10OS2. The summed E-state index contributed by atoms with van der Waals surface area (Å²) < 4.78 is 4.26. The van der Waals surface area contributed by atoms with Crippen LogP contribution in [0.3, 0.4) is 0 Å². The van der Waals surface area contributed by atoms with Crippen LogP contribution >= 0.6 is 22.7 Å². The van der Waals surface area contributed by atoms with Gasteiger partial charge in [-0.2, -0.15) is 0 Å². The van der Waals surface area contributed by atoms with Crippen molar-refractivity contribution in [2.24, 2.45) is 0 Å². The number of hydrogen-bond acceptors (Lipinski definition) is 11. The third kappa shape index (κ3) is 5.57. The van der Waals surface area contributed by atoms with Gasteiger partial charge in [0.25, 0.3) is 0 Å². The SMILES string of the molecule is Nc1ncnc2sc(-c3c(-c4ccccc4)ncn3C3CC3)cc12.Nc1ncnc2sc(-c3c(-c4ccccc4)ncn3CCO)cc12. The van der Waals surface area contributed by atoms with Gasteiger partial charge in [-0.25, -0.2) is 29.9 Å². The van der Waals surface area contributed by atoms with Gasteiger partial charge >= 0.3 is 0 Å². The highest BCUT2D eigenvalue weighted by Gasteiger charge is 2.29. The van der Waals surface area contributed by atoms with Gasteiger partial charge in [0.2, 0.25) is 0 Å². The largest absolute Gasteiger partial charge is 0.395 e. The Morgan fingerprint density at radius 3 is 1.71 bits per heavy atom. The van der Waals surface area contributed by atoms with Crippen LogP contribution in [0.15, 0.2) is 98.1 Å². The zero-order valence-electron chi connectivity index (χ0n) is 25.6. The molecule has 6 aromatic heterocycles. The summed E-state index contributed by atoms with van der Waals surface area (Å²) in [5.74, 6) is 0.998. The highest BCUT2D eigenvalue weighted by Crippen LogP contribution is 2.45. The standard InChI is InChI=1S/C18H15N5S.C17H15N5OS/c19-17-13-8-14(24-18(13)21-9-20-17)16-15(11-4-2-1-3-5-11)22-10-23(16)12-6-7-12;18-16-12-8-13(24-17(12)20-9-19-16)15-14(11-4-2-1-3-5-11)21-10-22(15)6-7-23/h1-5,8-10,12H,6-7H2,(H2,19,20,21);1-5,8-10,23H,6-7H2,(H2,18,19,20). The summed E-state index contributed by atoms with van der Waals surface area (Å²) >= 11 is 3.19. The number of fused-ring (bicyclic) bond motifs is 2. The predicted molar refractivity (Wildman–Crippen MR) is 192 cm³/mol. The van der Waals surface area contributed by atoms with Gasteiger partial charge in [-0.15, -0.1) is 22.7 Å². The molecule has 1 fully saturated rings. The fraction of sp³-hybridized carbons (Fsp3) is 0.143. The third-order valence-corrected chi connectivity index (χ3v) is 10.3. The minimum Gasteiger partial charge on any atom is -0.395 e. The van der Waals surface area contributed by atoms with Gasteiger partial charge in [-0.1, -0.05) is 60.7 Å². The Labute approximate surface area is 283 Å². The first-order valence-electron chi connectivity index (χ1n) is 15.4. The molecule has 0 amide bonds. The van der Waals surface area contributed by atoms with Crippen LogP contribution in [0.2, 0.25) is 0 Å². The van der Waals surface area contributed by atoms with Gasteiger partial charge in [-0.05, 0) is 25.0 Å². The Balaban J connectivity index is 0.000000140. The van der Waals surface area contributed by atoms with Crippen LogP contribution in [0.5, 0.6) is 0 Å². The van der Waals surface area contributed by atoms with Gasteiger partial charge < -0.3 is 25.7 Å². The van der Waals surface area contributed by atoms with E-state index in [9.17, 15) is 5.11 Å². The first-order valence-corrected chi connectivity index (χ1v) is 17.1. The summed E-state index contributed by atoms with van der Waals surface area (Å²) in [6.45, 7) is 0.523. The molecule has 0 saturated heterocycles. The predicted octanol–water partition coefficient (Wildman–Crippen LogP) is 6.94. The van der Waals surface area contributed by atoms with Crippen LogP contribution in [-0.2, 0) is 6.54 Å². The molecule has 0 atom stereocenters. The van der Waals surface area contributed by atoms with Gasteiger partial charge in [0, 0.05) is 23.7 Å². The average molecular weight is 671 g/mol. The summed E-state index contributed by atoms with van der Waals surface area (Å²) in [6, 6.07) is 25.0. The van der Waals surface area contributed by atoms with E-state index >= 15 is 0 Å². The minimum atomic E-state index is 0.0461. The third-order valence-electron chi connectivity index (χ3n) is 8.19. The molecule has 6 heterocycles. The summed E-state index contributed by atoms with van der Waals surface area (Å²) in [5.41, 5.74) is 18.1. The molecule has 8 aromatic rings. The second-order valence-electron chi connectivity index (χ2n) is 11.3. The molecule has 238 valence electrons. The fourth-order valence-corrected chi connectivity index (χ4v) is 7.87. The van der Waals surface area contributed by atoms with Crippen LogP contribution in [-0.4, -0.2) is 50.8 Å². The Kier molecular flexibility index (Phi) is 7.84. The molecule has 11 nitrogen and oxygen atoms in total. The number of hydrogen-bond donors (Lipinski definition) is 3. The normalized spacial score (nSPS) is 12.8. The average Bonchev–Trinajstić information content (AvgIpc) is 3.46. The fourth-order valence-electron chi connectivity index (χ4n) is 5.75.